The minimum atomic E-state index is -0.264. The second kappa shape index (κ2) is 9.59. The summed E-state index contributed by atoms with van der Waals surface area (Å²) in [5.74, 6) is 0.318. The summed E-state index contributed by atoms with van der Waals surface area (Å²) in [4.78, 5) is 19.0. The molecule has 3 atom stereocenters. The van der Waals surface area contributed by atoms with Gasteiger partial charge in [0.05, 0.1) is 5.02 Å². The molecule has 5 nitrogen and oxygen atoms in total. The highest BCUT2D eigenvalue weighted by molar-refractivity contribution is 6.32. The normalized spacial score (nSPS) is 17.1. The molecule has 29 heavy (non-hydrogen) atoms. The zero-order valence-electron chi connectivity index (χ0n) is 17.1. The fourth-order valence-electron chi connectivity index (χ4n) is 4.04. The van der Waals surface area contributed by atoms with Crippen molar-refractivity contribution in [2.24, 2.45) is 17.6 Å². The Morgan fingerprint density at radius 3 is 2.66 bits per heavy atom. The largest absolute Gasteiger partial charge is 0.506 e. The summed E-state index contributed by atoms with van der Waals surface area (Å²) in [6, 6.07) is 9.37. The van der Waals surface area contributed by atoms with Crippen LogP contribution in [-0.2, 0) is 11.2 Å². The lowest BCUT2D eigenvalue weighted by atomic mass is 9.78. The molecule has 0 aliphatic heterocycles. The number of benzene rings is 1. The van der Waals surface area contributed by atoms with E-state index in [0.717, 1.165) is 24.0 Å². The molecule has 1 heterocycles. The van der Waals surface area contributed by atoms with Crippen molar-refractivity contribution in [3.63, 3.8) is 0 Å². The Bertz CT molecular complexity index is 824. The van der Waals surface area contributed by atoms with Crippen LogP contribution in [0.1, 0.15) is 42.7 Å². The first-order valence-electron chi connectivity index (χ1n) is 10.2. The van der Waals surface area contributed by atoms with Crippen LogP contribution in [0.3, 0.4) is 0 Å². The van der Waals surface area contributed by atoms with Crippen molar-refractivity contribution in [1.29, 1.82) is 0 Å². The molecule has 6 heteroatoms. The predicted octanol–water partition coefficient (Wildman–Crippen LogP) is 3.99. The van der Waals surface area contributed by atoms with E-state index in [-0.39, 0.29) is 29.5 Å². The maximum atomic E-state index is 12.6. The number of phenols is 1. The van der Waals surface area contributed by atoms with Gasteiger partial charge < -0.3 is 15.7 Å². The van der Waals surface area contributed by atoms with Gasteiger partial charge in [0.15, 0.2) is 0 Å². The highest BCUT2D eigenvalue weighted by atomic mass is 35.5. The van der Waals surface area contributed by atoms with Gasteiger partial charge in [-0.3, -0.25) is 9.78 Å². The van der Waals surface area contributed by atoms with Gasteiger partial charge in [0, 0.05) is 24.4 Å². The number of hydrogen-bond acceptors (Lipinski definition) is 4. The van der Waals surface area contributed by atoms with Crippen molar-refractivity contribution in [3.05, 3.63) is 58.9 Å². The molecule has 1 aliphatic carbocycles. The third-order valence-corrected chi connectivity index (χ3v) is 6.29. The molecule has 1 aromatic heterocycles. The van der Waals surface area contributed by atoms with Crippen molar-refractivity contribution in [3.8, 4) is 5.75 Å². The van der Waals surface area contributed by atoms with Crippen LogP contribution in [0.4, 0.5) is 0 Å². The van der Waals surface area contributed by atoms with Crippen LogP contribution < -0.4 is 5.73 Å². The molecule has 3 N–H and O–H groups in total. The Morgan fingerprint density at radius 2 is 2.10 bits per heavy atom. The van der Waals surface area contributed by atoms with E-state index in [4.69, 9.17) is 17.3 Å². The van der Waals surface area contributed by atoms with E-state index in [0.29, 0.717) is 17.4 Å². The average molecular weight is 416 g/mol. The summed E-state index contributed by atoms with van der Waals surface area (Å²) in [5.41, 5.74) is 8.04. The molecule has 0 saturated heterocycles. The standard InChI is InChI=1S/C23H30ClN3O2/c1-27(2)18(10-16-7-8-22(28)21(24)12-16)13-20(23(25)29)19(11-15-5-6-15)17-4-3-9-26-14-17/h3-4,7-9,12,14-15,18-20,28H,5-6,10-11,13H2,1-2H3,(H2,25,29)/t18-,19?,20?/m1/s1. The van der Waals surface area contributed by atoms with Crippen LogP contribution in [0.25, 0.3) is 0 Å². The van der Waals surface area contributed by atoms with Crippen LogP contribution in [0, 0.1) is 11.8 Å². The first-order valence-corrected chi connectivity index (χ1v) is 10.6. The molecule has 2 aromatic rings. The van der Waals surface area contributed by atoms with Gasteiger partial charge in [-0.1, -0.05) is 36.6 Å². The summed E-state index contributed by atoms with van der Waals surface area (Å²) in [7, 11) is 4.04. The van der Waals surface area contributed by atoms with Crippen LogP contribution in [-0.4, -0.2) is 41.0 Å². The topological polar surface area (TPSA) is 79.5 Å². The van der Waals surface area contributed by atoms with Gasteiger partial charge in [0.2, 0.25) is 5.91 Å². The number of likely N-dealkylation sites (N-methyl/N-ethyl adjacent to an activating group) is 1. The van der Waals surface area contributed by atoms with Gasteiger partial charge in [-0.25, -0.2) is 0 Å². The van der Waals surface area contributed by atoms with Crippen molar-refractivity contribution in [2.75, 3.05) is 14.1 Å². The molecule has 3 rings (SSSR count). The Hall–Kier alpha value is -2.11. The van der Waals surface area contributed by atoms with Crippen LogP contribution in [0.15, 0.2) is 42.7 Å². The Morgan fingerprint density at radius 1 is 1.34 bits per heavy atom. The monoisotopic (exact) mass is 415 g/mol. The van der Waals surface area contributed by atoms with Gasteiger partial charge >= 0.3 is 0 Å². The van der Waals surface area contributed by atoms with E-state index < -0.39 is 0 Å². The van der Waals surface area contributed by atoms with Crippen LogP contribution in [0.5, 0.6) is 5.75 Å². The highest BCUT2D eigenvalue weighted by Crippen LogP contribution is 2.43. The second-order valence-electron chi connectivity index (χ2n) is 8.42. The molecule has 1 aromatic carbocycles. The number of primary amides is 1. The van der Waals surface area contributed by atoms with Crippen molar-refractivity contribution in [1.82, 2.24) is 9.88 Å². The number of halogens is 1. The average Bonchev–Trinajstić information content (AvgIpc) is 3.51. The lowest BCUT2D eigenvalue weighted by Gasteiger charge is -2.32. The van der Waals surface area contributed by atoms with E-state index in [1.165, 1.54) is 12.8 Å². The predicted molar refractivity (Wildman–Crippen MR) is 116 cm³/mol. The fraction of sp³-hybridized carbons (Fsp3) is 0.478. The lowest BCUT2D eigenvalue weighted by Crippen LogP contribution is -2.38. The van der Waals surface area contributed by atoms with Crippen molar-refractivity contribution >= 4 is 17.5 Å². The molecule has 1 fully saturated rings. The van der Waals surface area contributed by atoms with Crippen molar-refractivity contribution < 1.29 is 9.90 Å². The fourth-order valence-corrected chi connectivity index (χ4v) is 4.24. The summed E-state index contributed by atoms with van der Waals surface area (Å²) in [6.45, 7) is 0. The van der Waals surface area contributed by atoms with Crippen LogP contribution in [0.2, 0.25) is 5.02 Å². The zero-order chi connectivity index (χ0) is 21.0. The molecule has 0 spiro atoms. The second-order valence-corrected chi connectivity index (χ2v) is 8.83. The SMILES string of the molecule is CN(C)[C@H](Cc1ccc(O)c(Cl)c1)CC(C(N)=O)C(CC1CC1)c1cccnc1. The van der Waals surface area contributed by atoms with E-state index in [1.807, 2.05) is 32.4 Å². The Labute approximate surface area is 177 Å². The van der Waals surface area contributed by atoms with Crippen LogP contribution >= 0.6 is 11.6 Å². The number of rotatable bonds is 10. The Balaban J connectivity index is 1.82. The zero-order valence-corrected chi connectivity index (χ0v) is 17.8. The number of carbonyl (C=O) groups excluding carboxylic acids is 1. The summed E-state index contributed by atoms with van der Waals surface area (Å²) in [6.07, 6.45) is 8.44. The van der Waals surface area contributed by atoms with Gasteiger partial charge in [-0.05, 0) is 74.5 Å². The number of amides is 1. The van der Waals surface area contributed by atoms with E-state index >= 15 is 0 Å². The highest BCUT2D eigenvalue weighted by Gasteiger charge is 2.35. The number of phenolic OH excluding ortho intramolecular Hbond substituents is 1. The number of nitrogens with zero attached hydrogens (tertiary/aromatic N) is 2. The van der Waals surface area contributed by atoms with E-state index in [2.05, 4.69) is 16.0 Å². The maximum absolute atomic E-state index is 12.6. The third kappa shape index (κ3) is 5.94. The molecule has 0 bridgehead atoms. The molecular formula is C23H30ClN3O2. The summed E-state index contributed by atoms with van der Waals surface area (Å²) < 4.78 is 0. The summed E-state index contributed by atoms with van der Waals surface area (Å²) >= 11 is 6.08. The van der Waals surface area contributed by atoms with Gasteiger partial charge in [0.1, 0.15) is 5.75 Å². The minimum absolute atomic E-state index is 0.0768. The minimum Gasteiger partial charge on any atom is -0.506 e. The number of carbonyl (C=O) groups is 1. The number of aromatic nitrogens is 1. The van der Waals surface area contributed by atoms with E-state index in [9.17, 15) is 9.90 Å². The number of aromatic hydroxyl groups is 1. The van der Waals surface area contributed by atoms with Gasteiger partial charge in [-0.2, -0.15) is 0 Å². The third-order valence-electron chi connectivity index (χ3n) is 5.99. The Kier molecular flexibility index (Phi) is 7.14. The molecule has 2 unspecified atom stereocenters. The van der Waals surface area contributed by atoms with E-state index in [1.54, 1.807) is 18.3 Å². The molecule has 156 valence electrons. The molecule has 0 radical (unpaired) electrons. The smallest absolute Gasteiger partial charge is 0.221 e. The van der Waals surface area contributed by atoms with Gasteiger partial charge in [0.25, 0.3) is 0 Å². The molecule has 1 saturated carbocycles. The number of hydrogen-bond donors (Lipinski definition) is 2. The summed E-state index contributed by atoms with van der Waals surface area (Å²) in [5, 5.41) is 10.0. The van der Waals surface area contributed by atoms with Crippen molar-refractivity contribution in [2.45, 2.75) is 44.1 Å². The number of pyridine rings is 1. The molecule has 1 amide bonds. The quantitative estimate of drug-likeness (QED) is 0.614. The molecular weight excluding hydrogens is 386 g/mol. The maximum Gasteiger partial charge on any atom is 0.221 e. The van der Waals surface area contributed by atoms with Gasteiger partial charge in [-0.15, -0.1) is 0 Å². The molecule has 1 aliphatic rings. The lowest BCUT2D eigenvalue weighted by molar-refractivity contribution is -0.123. The number of nitrogens with two attached hydrogens (primary N) is 1. The first-order chi connectivity index (χ1) is 13.8. The first kappa shape index (κ1) is 21.6.